The summed E-state index contributed by atoms with van der Waals surface area (Å²) in [4.78, 5) is 22.0. The molecule has 3 aromatic rings. The Morgan fingerprint density at radius 3 is 2.60 bits per heavy atom. The number of halogens is 2. The van der Waals surface area contributed by atoms with Crippen LogP contribution >= 0.6 is 23.2 Å². The zero-order valence-corrected chi connectivity index (χ0v) is 18.0. The number of carbonyl (C=O) groups excluding carboxylic acids is 1. The molecule has 0 saturated carbocycles. The number of rotatable bonds is 2. The van der Waals surface area contributed by atoms with E-state index in [0.29, 0.717) is 28.2 Å². The summed E-state index contributed by atoms with van der Waals surface area (Å²) in [6, 6.07) is 8.78. The number of carbonyl (C=O) groups is 1. The van der Waals surface area contributed by atoms with Gasteiger partial charge in [0.05, 0.1) is 10.0 Å². The van der Waals surface area contributed by atoms with Crippen molar-refractivity contribution < 1.29 is 4.79 Å². The predicted octanol–water partition coefficient (Wildman–Crippen LogP) is 5.31. The number of nitrogens with one attached hydrogen (secondary N) is 1. The van der Waals surface area contributed by atoms with Gasteiger partial charge in [-0.1, -0.05) is 37.0 Å². The lowest BCUT2D eigenvalue weighted by molar-refractivity contribution is -0.118. The Bertz CT molecular complexity index is 1200. The molecule has 1 atom stereocenters. The summed E-state index contributed by atoms with van der Waals surface area (Å²) in [5.41, 5.74) is 3.25. The van der Waals surface area contributed by atoms with Gasteiger partial charge < -0.3 is 5.32 Å². The van der Waals surface area contributed by atoms with Gasteiger partial charge in [0.2, 0.25) is 5.95 Å². The molecule has 2 aromatic heterocycles. The molecule has 6 nitrogen and oxygen atoms in total. The van der Waals surface area contributed by atoms with Crippen LogP contribution in [0.15, 0.2) is 54.0 Å². The highest BCUT2D eigenvalue weighted by molar-refractivity contribution is 6.42. The lowest BCUT2D eigenvalue weighted by Gasteiger charge is -2.38. The van der Waals surface area contributed by atoms with E-state index >= 15 is 0 Å². The van der Waals surface area contributed by atoms with Crippen LogP contribution in [0.25, 0.3) is 11.4 Å². The number of aromatic nitrogens is 4. The minimum absolute atomic E-state index is 0.111. The molecule has 1 aromatic carbocycles. The van der Waals surface area contributed by atoms with E-state index in [4.69, 9.17) is 33.3 Å². The van der Waals surface area contributed by atoms with E-state index in [9.17, 15) is 4.79 Å². The average molecular weight is 440 g/mol. The largest absolute Gasteiger partial charge is 0.328 e. The van der Waals surface area contributed by atoms with Crippen LogP contribution in [0.4, 0.5) is 5.95 Å². The Morgan fingerprint density at radius 1 is 1.10 bits per heavy atom. The lowest BCUT2D eigenvalue weighted by atomic mass is 9.73. The topological polar surface area (TPSA) is 72.7 Å². The van der Waals surface area contributed by atoms with Crippen molar-refractivity contribution in [3.05, 3.63) is 69.6 Å². The predicted molar refractivity (Wildman–Crippen MR) is 117 cm³/mol. The van der Waals surface area contributed by atoms with Gasteiger partial charge in [-0.05, 0) is 47.7 Å². The molecule has 8 heteroatoms. The van der Waals surface area contributed by atoms with Crippen molar-refractivity contribution >= 4 is 34.9 Å². The second-order valence-electron chi connectivity index (χ2n) is 8.47. The lowest BCUT2D eigenvalue weighted by Crippen LogP contribution is -2.36. The van der Waals surface area contributed by atoms with Gasteiger partial charge in [0.25, 0.3) is 0 Å². The van der Waals surface area contributed by atoms with Crippen molar-refractivity contribution in [1.29, 1.82) is 0 Å². The molecule has 1 N–H and O–H groups in total. The molecule has 152 valence electrons. The van der Waals surface area contributed by atoms with Crippen LogP contribution in [-0.4, -0.2) is 25.5 Å². The van der Waals surface area contributed by atoms with Crippen molar-refractivity contribution in [3.8, 4) is 11.4 Å². The first kappa shape index (κ1) is 19.3. The second kappa shape index (κ2) is 6.93. The highest BCUT2D eigenvalue weighted by Gasteiger charge is 2.41. The number of pyridine rings is 1. The SMILES string of the molecule is CC1(C)CC(=O)C2=C(C1)Nc1nc(-c3ccc(Cl)c(Cl)c3)nn1C2c1ccncc1. The van der Waals surface area contributed by atoms with Gasteiger partial charge >= 0.3 is 0 Å². The van der Waals surface area contributed by atoms with Gasteiger partial charge in [-0.25, -0.2) is 4.68 Å². The molecule has 0 saturated heterocycles. The van der Waals surface area contributed by atoms with Crippen molar-refractivity contribution in [2.45, 2.75) is 32.7 Å². The molecule has 5 rings (SSSR count). The fourth-order valence-corrected chi connectivity index (χ4v) is 4.52. The normalized spacial score (nSPS) is 19.9. The second-order valence-corrected chi connectivity index (χ2v) is 9.29. The first-order valence-corrected chi connectivity index (χ1v) is 10.4. The molecule has 1 aliphatic carbocycles. The van der Waals surface area contributed by atoms with Crippen LogP contribution in [0.5, 0.6) is 0 Å². The van der Waals surface area contributed by atoms with Crippen LogP contribution in [0.3, 0.4) is 0 Å². The van der Waals surface area contributed by atoms with E-state index in [-0.39, 0.29) is 17.2 Å². The molecule has 1 unspecified atom stereocenters. The first-order valence-electron chi connectivity index (χ1n) is 9.67. The number of hydrogen-bond acceptors (Lipinski definition) is 5. The van der Waals surface area contributed by atoms with Crippen molar-refractivity contribution in [1.82, 2.24) is 19.7 Å². The van der Waals surface area contributed by atoms with Gasteiger partial charge in [0.1, 0.15) is 6.04 Å². The van der Waals surface area contributed by atoms with Gasteiger partial charge in [0.15, 0.2) is 11.6 Å². The number of anilines is 1. The van der Waals surface area contributed by atoms with Gasteiger partial charge in [-0.2, -0.15) is 4.98 Å². The van der Waals surface area contributed by atoms with E-state index < -0.39 is 0 Å². The number of fused-ring (bicyclic) bond motifs is 1. The molecule has 2 aliphatic rings. The van der Waals surface area contributed by atoms with Gasteiger partial charge in [0, 0.05) is 35.6 Å². The molecule has 3 heterocycles. The van der Waals surface area contributed by atoms with Crippen LogP contribution in [0.2, 0.25) is 10.0 Å². The molecule has 30 heavy (non-hydrogen) atoms. The molecule has 0 bridgehead atoms. The summed E-state index contributed by atoms with van der Waals surface area (Å²) in [5.74, 6) is 1.25. The fourth-order valence-electron chi connectivity index (χ4n) is 4.22. The van der Waals surface area contributed by atoms with Crippen LogP contribution in [0, 0.1) is 5.41 Å². The van der Waals surface area contributed by atoms with Crippen LogP contribution < -0.4 is 5.32 Å². The Morgan fingerprint density at radius 2 is 1.87 bits per heavy atom. The number of benzene rings is 1. The minimum Gasteiger partial charge on any atom is -0.328 e. The molecule has 0 amide bonds. The molecule has 0 spiro atoms. The number of ketones is 1. The Balaban J connectivity index is 1.67. The minimum atomic E-state index is -0.355. The quantitative estimate of drug-likeness (QED) is 0.585. The molecule has 1 aliphatic heterocycles. The van der Waals surface area contributed by atoms with Crippen LogP contribution in [0.1, 0.15) is 38.3 Å². The molecule has 0 radical (unpaired) electrons. The van der Waals surface area contributed by atoms with Crippen LogP contribution in [-0.2, 0) is 4.79 Å². The summed E-state index contributed by atoms with van der Waals surface area (Å²) in [5, 5.41) is 9.03. The third kappa shape index (κ3) is 3.20. The summed E-state index contributed by atoms with van der Waals surface area (Å²) in [6.07, 6.45) is 4.72. The van der Waals surface area contributed by atoms with E-state index in [2.05, 4.69) is 24.1 Å². The smallest absolute Gasteiger partial charge is 0.226 e. The van der Waals surface area contributed by atoms with E-state index in [0.717, 1.165) is 28.8 Å². The zero-order chi connectivity index (χ0) is 21.0. The molecule has 0 fully saturated rings. The summed E-state index contributed by atoms with van der Waals surface area (Å²) >= 11 is 12.3. The third-order valence-corrected chi connectivity index (χ3v) is 6.27. The third-order valence-electron chi connectivity index (χ3n) is 5.53. The zero-order valence-electron chi connectivity index (χ0n) is 16.5. The Kier molecular flexibility index (Phi) is 4.45. The summed E-state index contributed by atoms with van der Waals surface area (Å²) in [7, 11) is 0. The highest BCUT2D eigenvalue weighted by Crippen LogP contribution is 2.45. The maximum absolute atomic E-state index is 13.2. The number of nitrogens with zero attached hydrogens (tertiary/aromatic N) is 4. The monoisotopic (exact) mass is 439 g/mol. The fraction of sp³-hybridized carbons (Fsp3) is 0.273. The molecular formula is C22H19Cl2N5O. The van der Waals surface area contributed by atoms with Gasteiger partial charge in [-0.3, -0.25) is 9.78 Å². The number of Topliss-reactive ketones (excluding diaryl/α,β-unsaturated/α-hetero) is 1. The van der Waals surface area contributed by atoms with Crippen molar-refractivity contribution in [3.63, 3.8) is 0 Å². The van der Waals surface area contributed by atoms with E-state index in [1.807, 2.05) is 18.2 Å². The summed E-state index contributed by atoms with van der Waals surface area (Å²) < 4.78 is 1.78. The molecular weight excluding hydrogens is 421 g/mol. The van der Waals surface area contributed by atoms with Gasteiger partial charge in [-0.15, -0.1) is 5.10 Å². The average Bonchev–Trinajstić information content (AvgIpc) is 3.12. The summed E-state index contributed by atoms with van der Waals surface area (Å²) in [6.45, 7) is 4.22. The maximum atomic E-state index is 13.2. The van der Waals surface area contributed by atoms with Crippen molar-refractivity contribution in [2.75, 3.05) is 5.32 Å². The highest BCUT2D eigenvalue weighted by atomic mass is 35.5. The number of hydrogen-bond donors (Lipinski definition) is 1. The van der Waals surface area contributed by atoms with E-state index in [1.54, 1.807) is 29.2 Å². The standard InChI is InChI=1S/C22H19Cl2N5O/c1-22(2)10-16-18(17(30)11-22)19(12-5-7-25-8-6-12)29-21(26-16)27-20(28-29)13-3-4-14(23)15(24)9-13/h3-9,19H,10-11H2,1-2H3,(H,26,27,28). The maximum Gasteiger partial charge on any atom is 0.226 e. The Labute approximate surface area is 183 Å². The number of allylic oxidation sites excluding steroid dienone is 2. The first-order chi connectivity index (χ1) is 14.3. The Hall–Kier alpha value is -2.70. The van der Waals surface area contributed by atoms with Crippen molar-refractivity contribution in [2.24, 2.45) is 5.41 Å². The van der Waals surface area contributed by atoms with E-state index in [1.165, 1.54) is 0 Å².